The molecule has 0 aliphatic carbocycles. The molecule has 0 aliphatic heterocycles. The molecule has 2 aromatic rings. The van der Waals surface area contributed by atoms with Gasteiger partial charge in [-0.1, -0.05) is 69.1 Å². The van der Waals surface area contributed by atoms with Crippen molar-refractivity contribution in [2.45, 2.75) is 39.0 Å². The lowest BCUT2D eigenvalue weighted by molar-refractivity contribution is 0.411. The third kappa shape index (κ3) is 4.50. The van der Waals surface area contributed by atoms with E-state index in [1.54, 1.807) is 14.2 Å². The fourth-order valence-corrected chi connectivity index (χ4v) is 5.19. The minimum Gasteiger partial charge on any atom is -0.496 e. The lowest BCUT2D eigenvalue weighted by atomic mass is 10.0. The Morgan fingerprint density at radius 3 is 1.33 bits per heavy atom. The summed E-state index contributed by atoms with van der Waals surface area (Å²) in [5, 5.41) is 2.70. The lowest BCUT2D eigenvalue weighted by Crippen LogP contribution is -2.13. The first-order valence-corrected chi connectivity index (χ1v) is 10.5. The molecule has 2 rings (SSSR count). The maximum Gasteiger partial charge on any atom is 0.127 e. The quantitative estimate of drug-likeness (QED) is 0.659. The van der Waals surface area contributed by atoms with E-state index >= 15 is 0 Å². The summed E-state index contributed by atoms with van der Waals surface area (Å²) >= 11 is 0. The van der Waals surface area contributed by atoms with E-state index in [2.05, 4.69) is 64.1 Å². The maximum atomic E-state index is 5.73. The zero-order valence-corrected chi connectivity index (χ0v) is 17.4. The highest BCUT2D eigenvalue weighted by molar-refractivity contribution is 7.49. The Hall–Kier alpha value is -1.10. The molecular formula is C20H28O2P2. The van der Waals surface area contributed by atoms with Gasteiger partial charge in [-0.05, 0) is 34.1 Å². The van der Waals surface area contributed by atoms with Gasteiger partial charge >= 0.3 is 0 Å². The van der Waals surface area contributed by atoms with Crippen molar-refractivity contribution in [2.24, 2.45) is 0 Å². The van der Waals surface area contributed by atoms with Crippen molar-refractivity contribution in [3.8, 4) is 22.6 Å². The van der Waals surface area contributed by atoms with Gasteiger partial charge in [-0.3, -0.25) is 0 Å². The van der Waals surface area contributed by atoms with Crippen molar-refractivity contribution >= 4 is 27.8 Å². The molecule has 0 aliphatic rings. The molecule has 130 valence electrons. The summed E-state index contributed by atoms with van der Waals surface area (Å²) in [5.74, 6) is 1.86. The van der Waals surface area contributed by atoms with Crippen molar-refractivity contribution in [1.29, 1.82) is 0 Å². The monoisotopic (exact) mass is 362 g/mol. The summed E-state index contributed by atoms with van der Waals surface area (Å²) < 4.78 is 11.5. The van der Waals surface area contributed by atoms with Gasteiger partial charge in [-0.2, -0.15) is 0 Å². The zero-order chi connectivity index (χ0) is 17.7. The topological polar surface area (TPSA) is 18.5 Å². The Bertz CT molecular complexity index is 622. The Morgan fingerprint density at radius 1 is 0.667 bits per heavy atom. The summed E-state index contributed by atoms with van der Waals surface area (Å²) in [6, 6.07) is 12.7. The molecule has 2 atom stereocenters. The highest BCUT2D eigenvalue weighted by Gasteiger charge is 2.20. The Morgan fingerprint density at radius 2 is 1.04 bits per heavy atom. The van der Waals surface area contributed by atoms with Crippen LogP contribution in [0.4, 0.5) is 0 Å². The van der Waals surface area contributed by atoms with Gasteiger partial charge in [0.25, 0.3) is 0 Å². The largest absolute Gasteiger partial charge is 0.496 e. The highest BCUT2D eigenvalue weighted by Crippen LogP contribution is 2.40. The normalized spacial score (nSPS) is 12.2. The molecule has 0 saturated heterocycles. The molecule has 2 aromatic carbocycles. The fraction of sp³-hybridized carbons (Fsp3) is 0.400. The average Bonchev–Trinajstić information content (AvgIpc) is 2.53. The van der Waals surface area contributed by atoms with Crippen LogP contribution in [0, 0.1) is 0 Å². The molecule has 2 nitrogen and oxygen atoms in total. The zero-order valence-electron chi connectivity index (χ0n) is 15.4. The van der Waals surface area contributed by atoms with Crippen LogP contribution in [0.15, 0.2) is 36.4 Å². The van der Waals surface area contributed by atoms with E-state index in [0.29, 0.717) is 11.3 Å². The van der Waals surface area contributed by atoms with Crippen molar-refractivity contribution in [2.75, 3.05) is 14.2 Å². The van der Waals surface area contributed by atoms with Crippen LogP contribution in [0.5, 0.6) is 11.5 Å². The van der Waals surface area contributed by atoms with Gasteiger partial charge in [0.05, 0.1) is 14.2 Å². The van der Waals surface area contributed by atoms with E-state index in [9.17, 15) is 0 Å². The SMILES string of the molecule is COc1cccc(PC(C)C)c1-c1c(OC)cccc1PC(C)C. The maximum absolute atomic E-state index is 5.73. The first-order valence-electron chi connectivity index (χ1n) is 8.35. The van der Waals surface area contributed by atoms with E-state index in [-0.39, 0.29) is 0 Å². The Labute approximate surface area is 149 Å². The van der Waals surface area contributed by atoms with Crippen molar-refractivity contribution < 1.29 is 9.47 Å². The molecule has 0 spiro atoms. The molecule has 0 N–H and O–H groups in total. The third-order valence-electron chi connectivity index (χ3n) is 3.63. The molecule has 0 fully saturated rings. The van der Waals surface area contributed by atoms with Crippen LogP contribution < -0.4 is 20.1 Å². The molecule has 0 heterocycles. The summed E-state index contributed by atoms with van der Waals surface area (Å²) in [4.78, 5) is 0. The van der Waals surface area contributed by atoms with Crippen molar-refractivity contribution in [3.63, 3.8) is 0 Å². The van der Waals surface area contributed by atoms with E-state index in [0.717, 1.165) is 28.7 Å². The van der Waals surface area contributed by atoms with Crippen LogP contribution >= 0.6 is 17.2 Å². The van der Waals surface area contributed by atoms with Crippen LogP contribution in [0.1, 0.15) is 27.7 Å². The number of hydrogen-bond acceptors (Lipinski definition) is 2. The third-order valence-corrected chi connectivity index (χ3v) is 6.24. The van der Waals surface area contributed by atoms with E-state index in [1.165, 1.54) is 21.7 Å². The minimum atomic E-state index is 0.613. The van der Waals surface area contributed by atoms with E-state index in [4.69, 9.17) is 9.47 Å². The van der Waals surface area contributed by atoms with Crippen LogP contribution in [-0.2, 0) is 0 Å². The second kappa shape index (κ2) is 8.84. The standard InChI is InChI=1S/C20H28O2P2/c1-13(2)23-17-11-7-9-15(21-5)19(17)20-16(22-6)10-8-12-18(20)24-14(3)4/h7-14,23-24H,1-6H3. The number of ether oxygens (including phenoxy) is 2. The molecule has 4 heteroatoms. The van der Waals surface area contributed by atoms with Gasteiger partial charge in [0.1, 0.15) is 11.5 Å². The summed E-state index contributed by atoms with van der Waals surface area (Å²) in [5.41, 5.74) is 3.63. The predicted octanol–water partition coefficient (Wildman–Crippen LogP) is 4.80. The van der Waals surface area contributed by atoms with Gasteiger partial charge in [0.2, 0.25) is 0 Å². The second-order valence-electron chi connectivity index (χ2n) is 6.36. The van der Waals surface area contributed by atoms with Gasteiger partial charge < -0.3 is 9.47 Å². The van der Waals surface area contributed by atoms with Crippen molar-refractivity contribution in [3.05, 3.63) is 36.4 Å². The molecule has 0 bridgehead atoms. The molecule has 0 radical (unpaired) electrons. The summed E-state index contributed by atoms with van der Waals surface area (Å²) in [6.07, 6.45) is 0. The second-order valence-corrected chi connectivity index (χ2v) is 10.3. The fourth-order valence-electron chi connectivity index (χ4n) is 2.78. The number of benzene rings is 2. The summed E-state index contributed by atoms with van der Waals surface area (Å²) in [7, 11) is 4.99. The number of methoxy groups -OCH3 is 2. The average molecular weight is 362 g/mol. The molecule has 0 aromatic heterocycles. The summed E-state index contributed by atoms with van der Waals surface area (Å²) in [6.45, 7) is 9.06. The number of hydrogen-bond donors (Lipinski definition) is 0. The first kappa shape index (κ1) is 19.2. The Balaban J connectivity index is 2.74. The minimum absolute atomic E-state index is 0.613. The van der Waals surface area contributed by atoms with Crippen LogP contribution in [0.3, 0.4) is 0 Å². The molecule has 2 unspecified atom stereocenters. The highest BCUT2D eigenvalue weighted by atomic mass is 31.1. The molecule has 24 heavy (non-hydrogen) atoms. The Kier molecular flexibility index (Phi) is 7.08. The van der Waals surface area contributed by atoms with Gasteiger partial charge in [-0.25, -0.2) is 0 Å². The van der Waals surface area contributed by atoms with Crippen LogP contribution in [0.2, 0.25) is 0 Å². The smallest absolute Gasteiger partial charge is 0.127 e. The van der Waals surface area contributed by atoms with E-state index < -0.39 is 0 Å². The lowest BCUT2D eigenvalue weighted by Gasteiger charge is -2.21. The van der Waals surface area contributed by atoms with Gasteiger partial charge in [0, 0.05) is 11.1 Å². The molecular weight excluding hydrogens is 334 g/mol. The van der Waals surface area contributed by atoms with Gasteiger partial charge in [0.15, 0.2) is 0 Å². The van der Waals surface area contributed by atoms with Crippen LogP contribution in [0.25, 0.3) is 11.1 Å². The molecule has 0 saturated carbocycles. The first-order chi connectivity index (χ1) is 11.5. The molecule has 0 amide bonds. The number of rotatable bonds is 7. The van der Waals surface area contributed by atoms with Crippen molar-refractivity contribution in [1.82, 2.24) is 0 Å². The predicted molar refractivity (Wildman–Crippen MR) is 111 cm³/mol. The van der Waals surface area contributed by atoms with E-state index in [1.807, 2.05) is 0 Å². The van der Waals surface area contributed by atoms with Crippen LogP contribution in [-0.4, -0.2) is 25.5 Å². The van der Waals surface area contributed by atoms with Gasteiger partial charge in [-0.15, -0.1) is 0 Å².